The standard InChI is InChI=1S/C24H28N4O4S.C2HF3O2/c1-16-22(15-33(30,31)21-10-8-20(25)9-11-21)28-24(32-16)19-6-4-18(5-7-19)23(29)27-14-17-3-2-12-26-13-17;3-2(4,5)1(6)7/h2-7,12-13,20-21H,8-11,14-15,25H2,1H3,(H,27,29);(H,6,7). The van der Waals surface area contributed by atoms with E-state index in [-0.39, 0.29) is 23.0 Å². The Hall–Kier alpha value is -3.78. The van der Waals surface area contributed by atoms with Crippen molar-refractivity contribution in [3.63, 3.8) is 0 Å². The molecule has 0 spiro atoms. The average Bonchev–Trinajstić information content (AvgIpc) is 3.27. The fourth-order valence-electron chi connectivity index (χ4n) is 3.99. The lowest BCUT2D eigenvalue weighted by Crippen LogP contribution is -2.33. The fraction of sp³-hybridized carbons (Fsp3) is 0.385. The first-order valence-corrected chi connectivity index (χ1v) is 14.0. The molecule has 0 aliphatic heterocycles. The van der Waals surface area contributed by atoms with Crippen LogP contribution in [0.3, 0.4) is 0 Å². The fourth-order valence-corrected chi connectivity index (χ4v) is 5.87. The van der Waals surface area contributed by atoms with Gasteiger partial charge in [0.15, 0.2) is 9.84 Å². The van der Waals surface area contributed by atoms with Crippen LogP contribution in [0.25, 0.3) is 11.5 Å². The highest BCUT2D eigenvalue weighted by Gasteiger charge is 2.38. The average molecular weight is 583 g/mol. The minimum atomic E-state index is -5.08. The maximum absolute atomic E-state index is 12.9. The summed E-state index contributed by atoms with van der Waals surface area (Å²) >= 11 is 0. The largest absolute Gasteiger partial charge is 0.490 e. The number of carbonyl (C=O) groups excluding carboxylic acids is 1. The molecule has 0 atom stereocenters. The van der Waals surface area contributed by atoms with Gasteiger partial charge in [0.2, 0.25) is 5.89 Å². The summed E-state index contributed by atoms with van der Waals surface area (Å²) < 4.78 is 63.2. The van der Waals surface area contributed by atoms with E-state index in [4.69, 9.17) is 20.1 Å². The molecular weight excluding hydrogens is 553 g/mol. The zero-order valence-electron chi connectivity index (χ0n) is 21.5. The Morgan fingerprint density at radius 2 is 1.75 bits per heavy atom. The van der Waals surface area contributed by atoms with Crippen molar-refractivity contribution >= 4 is 21.7 Å². The Balaban J connectivity index is 0.000000559. The highest BCUT2D eigenvalue weighted by atomic mass is 32.2. The van der Waals surface area contributed by atoms with Gasteiger partial charge in [0.1, 0.15) is 5.76 Å². The summed E-state index contributed by atoms with van der Waals surface area (Å²) in [6, 6.07) is 10.7. The molecule has 0 saturated heterocycles. The van der Waals surface area contributed by atoms with Crippen LogP contribution in [0.1, 0.15) is 53.1 Å². The minimum Gasteiger partial charge on any atom is -0.475 e. The number of hydrogen-bond donors (Lipinski definition) is 3. The minimum absolute atomic E-state index is 0.0947. The number of nitrogens with one attached hydrogen (secondary N) is 1. The van der Waals surface area contributed by atoms with Crippen molar-refractivity contribution in [3.05, 3.63) is 71.4 Å². The smallest absolute Gasteiger partial charge is 0.475 e. The number of aryl methyl sites for hydroxylation is 1. The third-order valence-corrected chi connectivity index (χ3v) is 8.43. The number of amides is 1. The van der Waals surface area contributed by atoms with E-state index in [1.807, 2.05) is 12.1 Å². The lowest BCUT2D eigenvalue weighted by Gasteiger charge is -2.25. The number of carboxylic acids is 1. The van der Waals surface area contributed by atoms with Gasteiger partial charge in [-0.15, -0.1) is 0 Å². The Bertz CT molecular complexity index is 1400. The zero-order valence-corrected chi connectivity index (χ0v) is 22.3. The van der Waals surface area contributed by atoms with Gasteiger partial charge in [-0.05, 0) is 68.5 Å². The molecule has 10 nitrogen and oxygen atoms in total. The number of nitrogens with two attached hydrogens (primary N) is 1. The number of sulfone groups is 1. The number of pyridine rings is 1. The third-order valence-electron chi connectivity index (χ3n) is 6.27. The number of aromatic nitrogens is 2. The van der Waals surface area contributed by atoms with Crippen molar-refractivity contribution in [2.45, 2.75) is 62.4 Å². The summed E-state index contributed by atoms with van der Waals surface area (Å²) in [6.07, 6.45) is 0.954. The monoisotopic (exact) mass is 582 g/mol. The zero-order chi connectivity index (χ0) is 29.5. The molecule has 2 heterocycles. The van der Waals surface area contributed by atoms with Crippen LogP contribution in [0, 0.1) is 6.92 Å². The van der Waals surface area contributed by atoms with Crippen LogP contribution in [0.4, 0.5) is 13.2 Å². The second-order valence-corrected chi connectivity index (χ2v) is 11.6. The number of nitrogens with zero attached hydrogens (tertiary/aromatic N) is 2. The molecule has 216 valence electrons. The molecular formula is C26H29F3N4O6S. The summed E-state index contributed by atoms with van der Waals surface area (Å²) in [4.78, 5) is 29.8. The van der Waals surface area contributed by atoms with Crippen LogP contribution in [0.5, 0.6) is 0 Å². The third kappa shape index (κ3) is 8.61. The number of carboxylic acid groups (broad SMARTS) is 1. The van der Waals surface area contributed by atoms with Gasteiger partial charge < -0.3 is 20.6 Å². The number of halogens is 3. The second-order valence-electron chi connectivity index (χ2n) is 9.29. The molecule has 0 radical (unpaired) electrons. The van der Waals surface area contributed by atoms with Crippen molar-refractivity contribution < 1.29 is 40.7 Å². The summed E-state index contributed by atoms with van der Waals surface area (Å²) in [5.74, 6) is -2.28. The quantitative estimate of drug-likeness (QED) is 0.376. The summed E-state index contributed by atoms with van der Waals surface area (Å²) in [6.45, 7) is 2.11. The first-order valence-electron chi connectivity index (χ1n) is 12.3. The number of carbonyl (C=O) groups is 2. The molecule has 2 aromatic heterocycles. The predicted octanol–water partition coefficient (Wildman–Crippen LogP) is 3.79. The van der Waals surface area contributed by atoms with Gasteiger partial charge in [-0.1, -0.05) is 6.07 Å². The first-order chi connectivity index (χ1) is 18.8. The van der Waals surface area contributed by atoms with Gasteiger partial charge in [0.25, 0.3) is 5.91 Å². The second kappa shape index (κ2) is 13.0. The normalized spacial score (nSPS) is 17.4. The number of rotatable bonds is 7. The van der Waals surface area contributed by atoms with E-state index in [0.29, 0.717) is 47.9 Å². The lowest BCUT2D eigenvalue weighted by molar-refractivity contribution is -0.192. The van der Waals surface area contributed by atoms with E-state index in [2.05, 4.69) is 15.3 Å². The van der Waals surface area contributed by atoms with Gasteiger partial charge >= 0.3 is 12.1 Å². The van der Waals surface area contributed by atoms with Crippen molar-refractivity contribution in [1.82, 2.24) is 15.3 Å². The number of hydrogen-bond acceptors (Lipinski definition) is 8. The number of alkyl halides is 3. The Morgan fingerprint density at radius 1 is 1.12 bits per heavy atom. The Morgan fingerprint density at radius 3 is 2.30 bits per heavy atom. The van der Waals surface area contributed by atoms with Crippen LogP contribution in [-0.4, -0.2) is 52.8 Å². The molecule has 40 heavy (non-hydrogen) atoms. The predicted molar refractivity (Wildman–Crippen MR) is 139 cm³/mol. The molecule has 1 aliphatic carbocycles. The van der Waals surface area contributed by atoms with Crippen molar-refractivity contribution in [2.75, 3.05) is 0 Å². The van der Waals surface area contributed by atoms with Crippen LogP contribution >= 0.6 is 0 Å². The molecule has 3 aromatic rings. The Labute approximate surface area is 228 Å². The van der Waals surface area contributed by atoms with Gasteiger partial charge in [0.05, 0.1) is 16.7 Å². The molecule has 1 fully saturated rings. The van der Waals surface area contributed by atoms with E-state index < -0.39 is 22.0 Å². The number of oxazole rings is 1. The van der Waals surface area contributed by atoms with Gasteiger partial charge in [-0.25, -0.2) is 18.2 Å². The van der Waals surface area contributed by atoms with Gasteiger partial charge in [-0.3, -0.25) is 9.78 Å². The topological polar surface area (TPSA) is 165 Å². The highest BCUT2D eigenvalue weighted by molar-refractivity contribution is 7.91. The SMILES string of the molecule is Cc1oc(-c2ccc(C(=O)NCc3cccnc3)cc2)nc1CS(=O)(=O)C1CCC(N)CC1.O=C(O)C(F)(F)F. The van der Waals surface area contributed by atoms with Crippen LogP contribution < -0.4 is 11.1 Å². The van der Waals surface area contributed by atoms with Crippen molar-refractivity contribution in [2.24, 2.45) is 5.73 Å². The number of benzene rings is 1. The van der Waals surface area contributed by atoms with Crippen LogP contribution in [0.2, 0.25) is 0 Å². The maximum Gasteiger partial charge on any atom is 0.490 e. The molecule has 1 aliphatic rings. The van der Waals surface area contributed by atoms with Crippen molar-refractivity contribution in [3.8, 4) is 11.5 Å². The Kier molecular flexibility index (Phi) is 10.0. The molecule has 1 saturated carbocycles. The van der Waals surface area contributed by atoms with Crippen LogP contribution in [-0.2, 0) is 26.9 Å². The number of aliphatic carboxylic acids is 1. The van der Waals surface area contributed by atoms with E-state index >= 15 is 0 Å². The van der Waals surface area contributed by atoms with E-state index in [9.17, 15) is 26.4 Å². The maximum atomic E-state index is 12.9. The van der Waals surface area contributed by atoms with Crippen molar-refractivity contribution in [1.29, 1.82) is 0 Å². The van der Waals surface area contributed by atoms with Gasteiger partial charge in [0, 0.05) is 36.1 Å². The summed E-state index contributed by atoms with van der Waals surface area (Å²) in [5.41, 5.74) is 8.43. The molecule has 0 unspecified atom stereocenters. The summed E-state index contributed by atoms with van der Waals surface area (Å²) in [5, 5.41) is 9.61. The van der Waals surface area contributed by atoms with E-state index in [1.54, 1.807) is 43.6 Å². The molecule has 4 rings (SSSR count). The highest BCUT2D eigenvalue weighted by Crippen LogP contribution is 2.28. The molecule has 4 N–H and O–H groups in total. The molecule has 14 heteroatoms. The lowest BCUT2D eigenvalue weighted by atomic mass is 9.96. The molecule has 0 bridgehead atoms. The van der Waals surface area contributed by atoms with Crippen LogP contribution in [0.15, 0.2) is 53.2 Å². The molecule has 1 aromatic carbocycles. The van der Waals surface area contributed by atoms with Gasteiger partial charge in [-0.2, -0.15) is 13.2 Å². The summed E-state index contributed by atoms with van der Waals surface area (Å²) in [7, 11) is -3.33. The molecule has 1 amide bonds. The van der Waals surface area contributed by atoms with E-state index in [1.165, 1.54) is 0 Å². The first kappa shape index (κ1) is 30.8. The van der Waals surface area contributed by atoms with E-state index in [0.717, 1.165) is 18.4 Å².